The lowest BCUT2D eigenvalue weighted by molar-refractivity contribution is 0.454. The number of nitrogens with zero attached hydrogens (tertiary/aromatic N) is 1. The maximum atomic E-state index is 12.2. The maximum absolute atomic E-state index is 12.2. The van der Waals surface area contributed by atoms with Crippen molar-refractivity contribution in [2.75, 3.05) is 0 Å². The Balaban J connectivity index is 2.12. The summed E-state index contributed by atoms with van der Waals surface area (Å²) in [6.45, 7) is 0. The number of H-pyrrole nitrogens is 1. The molecule has 7 heteroatoms. The summed E-state index contributed by atoms with van der Waals surface area (Å²) in [7, 11) is 0. The fourth-order valence-electron chi connectivity index (χ4n) is 1.90. The molecular formula is C14H8Cl2N2O2S. The number of halogens is 2. The van der Waals surface area contributed by atoms with E-state index in [9.17, 15) is 9.90 Å². The molecule has 21 heavy (non-hydrogen) atoms. The second-order valence-electron chi connectivity index (χ2n) is 4.22. The van der Waals surface area contributed by atoms with E-state index in [4.69, 9.17) is 23.2 Å². The third-order valence-electron chi connectivity index (χ3n) is 2.84. The zero-order chi connectivity index (χ0) is 15.0. The Labute approximate surface area is 133 Å². The first-order chi connectivity index (χ1) is 10.0. The van der Waals surface area contributed by atoms with Gasteiger partial charge >= 0.3 is 0 Å². The first kappa shape index (κ1) is 14.1. The third-order valence-corrected chi connectivity index (χ3v) is 4.33. The number of benzene rings is 1. The van der Waals surface area contributed by atoms with Gasteiger partial charge in [0.25, 0.3) is 5.56 Å². The van der Waals surface area contributed by atoms with Gasteiger partial charge in [-0.05, 0) is 29.8 Å². The van der Waals surface area contributed by atoms with E-state index < -0.39 is 5.56 Å². The van der Waals surface area contributed by atoms with Crippen LogP contribution in [0, 0.1) is 0 Å². The molecule has 0 saturated heterocycles. The second-order valence-corrected chi connectivity index (χ2v) is 6.38. The molecular weight excluding hydrogens is 331 g/mol. The topological polar surface area (TPSA) is 66.0 Å². The van der Waals surface area contributed by atoms with Gasteiger partial charge in [-0.15, -0.1) is 11.3 Å². The van der Waals surface area contributed by atoms with Crippen molar-refractivity contribution in [1.82, 2.24) is 9.97 Å². The summed E-state index contributed by atoms with van der Waals surface area (Å²) < 4.78 is 0.578. The third kappa shape index (κ3) is 2.81. The zero-order valence-electron chi connectivity index (χ0n) is 10.4. The molecule has 0 spiro atoms. The molecule has 0 aliphatic heterocycles. The highest BCUT2D eigenvalue weighted by atomic mass is 35.5. The normalized spacial score (nSPS) is 10.8. The van der Waals surface area contributed by atoms with Crippen molar-refractivity contribution in [2.24, 2.45) is 0 Å². The molecule has 106 valence electrons. The van der Waals surface area contributed by atoms with Gasteiger partial charge in [-0.3, -0.25) is 4.79 Å². The molecule has 4 nitrogen and oxygen atoms in total. The van der Waals surface area contributed by atoms with Crippen molar-refractivity contribution >= 4 is 34.5 Å². The van der Waals surface area contributed by atoms with Crippen molar-refractivity contribution < 1.29 is 5.11 Å². The Morgan fingerprint density at radius 3 is 2.38 bits per heavy atom. The summed E-state index contributed by atoms with van der Waals surface area (Å²) in [5, 5.41) is 10.6. The van der Waals surface area contributed by atoms with Crippen molar-refractivity contribution in [2.45, 2.75) is 0 Å². The lowest BCUT2D eigenvalue weighted by atomic mass is 10.1. The molecule has 3 aromatic rings. The van der Waals surface area contributed by atoms with E-state index in [0.717, 1.165) is 0 Å². The highest BCUT2D eigenvalue weighted by molar-refractivity contribution is 7.19. The smallest absolute Gasteiger partial charge is 0.262 e. The number of aromatic nitrogens is 2. The van der Waals surface area contributed by atoms with Crippen LogP contribution in [0.4, 0.5) is 0 Å². The van der Waals surface area contributed by atoms with Crippen LogP contribution < -0.4 is 5.56 Å². The highest BCUT2D eigenvalue weighted by Crippen LogP contribution is 2.31. The van der Waals surface area contributed by atoms with Crippen LogP contribution >= 0.6 is 34.5 Å². The summed E-state index contributed by atoms with van der Waals surface area (Å²) >= 11 is 12.9. The van der Waals surface area contributed by atoms with E-state index >= 15 is 0 Å². The highest BCUT2D eigenvalue weighted by Gasteiger charge is 2.14. The molecule has 0 amide bonds. The van der Waals surface area contributed by atoms with Crippen LogP contribution in [-0.2, 0) is 0 Å². The van der Waals surface area contributed by atoms with Gasteiger partial charge < -0.3 is 10.1 Å². The predicted molar refractivity (Wildman–Crippen MR) is 85.3 cm³/mol. The van der Waals surface area contributed by atoms with Gasteiger partial charge in [0.05, 0.1) is 9.21 Å². The Kier molecular flexibility index (Phi) is 3.71. The average molecular weight is 339 g/mol. The number of thiophene rings is 1. The van der Waals surface area contributed by atoms with Crippen molar-refractivity contribution in [3.63, 3.8) is 0 Å². The predicted octanol–water partition coefficient (Wildman–Crippen LogP) is 4.18. The molecule has 0 radical (unpaired) electrons. The minimum Gasteiger partial charge on any atom is -0.493 e. The fraction of sp³-hybridized carbons (Fsp3) is 0. The van der Waals surface area contributed by atoms with Crippen molar-refractivity contribution in [3.05, 3.63) is 56.1 Å². The molecule has 1 aromatic carbocycles. The van der Waals surface area contributed by atoms with Crippen molar-refractivity contribution in [3.8, 4) is 27.7 Å². The van der Waals surface area contributed by atoms with Crippen LogP contribution in [0.15, 0.2) is 41.2 Å². The minimum absolute atomic E-state index is 0.109. The SMILES string of the molecule is O=c1[nH]c(-c2ccc(Cl)s2)nc(O)c1-c1ccc(Cl)cc1. The average Bonchev–Trinajstić information content (AvgIpc) is 2.87. The summed E-state index contributed by atoms with van der Waals surface area (Å²) in [5.41, 5.74) is 0.226. The van der Waals surface area contributed by atoms with E-state index in [1.165, 1.54) is 11.3 Å². The fourth-order valence-corrected chi connectivity index (χ4v) is 3.01. The van der Waals surface area contributed by atoms with Gasteiger partial charge in [-0.25, -0.2) is 0 Å². The quantitative estimate of drug-likeness (QED) is 0.736. The van der Waals surface area contributed by atoms with Crippen LogP contribution in [0.3, 0.4) is 0 Å². The van der Waals surface area contributed by atoms with E-state index in [2.05, 4.69) is 9.97 Å². The van der Waals surface area contributed by atoms with E-state index in [1.54, 1.807) is 36.4 Å². The zero-order valence-corrected chi connectivity index (χ0v) is 12.8. The Hall–Kier alpha value is -1.82. The Morgan fingerprint density at radius 2 is 1.81 bits per heavy atom. The number of hydrogen-bond donors (Lipinski definition) is 2. The number of nitrogens with one attached hydrogen (secondary N) is 1. The largest absolute Gasteiger partial charge is 0.493 e. The molecule has 0 atom stereocenters. The molecule has 2 N–H and O–H groups in total. The lowest BCUT2D eigenvalue weighted by Gasteiger charge is -2.05. The second kappa shape index (κ2) is 5.52. The van der Waals surface area contributed by atoms with E-state index in [1.807, 2.05) is 0 Å². The molecule has 0 aliphatic rings. The Morgan fingerprint density at radius 1 is 1.10 bits per heavy atom. The number of rotatable bonds is 2. The number of aromatic amines is 1. The lowest BCUT2D eigenvalue weighted by Crippen LogP contribution is -2.11. The molecule has 0 fully saturated rings. The molecule has 0 aliphatic carbocycles. The van der Waals surface area contributed by atoms with Gasteiger partial charge in [0.15, 0.2) is 5.82 Å². The molecule has 0 bridgehead atoms. The van der Waals surface area contributed by atoms with Crippen LogP contribution in [-0.4, -0.2) is 15.1 Å². The summed E-state index contributed by atoms with van der Waals surface area (Å²) in [4.78, 5) is 19.6. The van der Waals surface area contributed by atoms with Crippen LogP contribution in [0.25, 0.3) is 21.8 Å². The van der Waals surface area contributed by atoms with Gasteiger partial charge in [0.1, 0.15) is 5.56 Å². The standard InChI is InChI=1S/C14H8Cl2N2O2S/c15-8-3-1-7(2-4-8)11-13(19)17-12(18-14(11)20)9-5-6-10(16)21-9/h1-6H,(H2,17,18,19,20). The number of hydrogen-bond acceptors (Lipinski definition) is 4. The van der Waals surface area contributed by atoms with Gasteiger partial charge in [0.2, 0.25) is 5.88 Å². The Bertz CT molecular complexity index is 856. The number of aromatic hydroxyl groups is 1. The van der Waals surface area contributed by atoms with Crippen LogP contribution in [0.1, 0.15) is 0 Å². The maximum Gasteiger partial charge on any atom is 0.262 e. The molecule has 0 unspecified atom stereocenters. The summed E-state index contributed by atoms with van der Waals surface area (Å²) in [6.07, 6.45) is 0. The van der Waals surface area contributed by atoms with Gasteiger partial charge in [0, 0.05) is 5.02 Å². The molecule has 3 rings (SSSR count). The van der Waals surface area contributed by atoms with Gasteiger partial charge in [-0.1, -0.05) is 35.3 Å². The summed E-state index contributed by atoms with van der Waals surface area (Å²) in [5.74, 6) is -0.0484. The van der Waals surface area contributed by atoms with E-state index in [-0.39, 0.29) is 17.3 Å². The van der Waals surface area contributed by atoms with E-state index in [0.29, 0.717) is 19.8 Å². The van der Waals surface area contributed by atoms with Crippen molar-refractivity contribution in [1.29, 1.82) is 0 Å². The first-order valence-corrected chi connectivity index (χ1v) is 7.47. The molecule has 2 aromatic heterocycles. The monoisotopic (exact) mass is 338 g/mol. The van der Waals surface area contributed by atoms with Crippen LogP contribution in [0.2, 0.25) is 9.36 Å². The molecule has 2 heterocycles. The van der Waals surface area contributed by atoms with Gasteiger partial charge in [-0.2, -0.15) is 4.98 Å². The minimum atomic E-state index is -0.427. The molecule has 0 saturated carbocycles. The van der Waals surface area contributed by atoms with Crippen LogP contribution in [0.5, 0.6) is 5.88 Å². The first-order valence-electron chi connectivity index (χ1n) is 5.89. The summed E-state index contributed by atoms with van der Waals surface area (Å²) in [6, 6.07) is 10.0.